The van der Waals surface area contributed by atoms with Crippen LogP contribution in [-0.2, 0) is 14.8 Å². The minimum absolute atomic E-state index is 0.0735. The molecule has 1 unspecified atom stereocenters. The Hall–Kier alpha value is -0.330. The van der Waals surface area contributed by atoms with Gasteiger partial charge < -0.3 is 5.32 Å². The van der Waals surface area contributed by atoms with Crippen LogP contribution in [0.3, 0.4) is 0 Å². The number of alkyl halides is 1. The first-order chi connectivity index (χ1) is 8.51. The van der Waals surface area contributed by atoms with Crippen molar-refractivity contribution in [3.63, 3.8) is 0 Å². The van der Waals surface area contributed by atoms with E-state index in [9.17, 15) is 13.2 Å². The first-order valence-corrected chi connectivity index (χ1v) is 8.41. The summed E-state index contributed by atoms with van der Waals surface area (Å²) in [6.45, 7) is 0.833. The van der Waals surface area contributed by atoms with Gasteiger partial charge in [-0.25, -0.2) is 12.7 Å². The van der Waals surface area contributed by atoms with Gasteiger partial charge in [0.1, 0.15) is 0 Å². The maximum Gasteiger partial charge on any atom is 0.224 e. The average molecular weight is 297 g/mol. The lowest BCUT2D eigenvalue weighted by Gasteiger charge is -2.30. The zero-order valence-corrected chi connectivity index (χ0v) is 12.3. The molecule has 1 N–H and O–H groups in total. The molecule has 1 heterocycles. The molecule has 1 aliphatic rings. The molecule has 18 heavy (non-hydrogen) atoms. The first-order valence-electron chi connectivity index (χ1n) is 6.26. The van der Waals surface area contributed by atoms with Crippen molar-refractivity contribution in [2.75, 3.05) is 31.8 Å². The SMILES string of the molecule is CNC(=O)C1CCCN(S(=O)(=O)CCCCCl)C1. The van der Waals surface area contributed by atoms with Crippen molar-refractivity contribution in [3.05, 3.63) is 0 Å². The Bertz CT molecular complexity index is 372. The van der Waals surface area contributed by atoms with Crippen LogP contribution in [0.15, 0.2) is 0 Å². The summed E-state index contributed by atoms with van der Waals surface area (Å²) < 4.78 is 25.6. The number of sulfonamides is 1. The third-order valence-corrected chi connectivity index (χ3v) is 5.37. The zero-order valence-electron chi connectivity index (χ0n) is 10.7. The number of hydrogen-bond acceptors (Lipinski definition) is 3. The smallest absolute Gasteiger partial charge is 0.224 e. The average Bonchev–Trinajstić information content (AvgIpc) is 2.38. The number of halogens is 1. The van der Waals surface area contributed by atoms with Gasteiger partial charge in [-0.15, -0.1) is 11.6 Å². The summed E-state index contributed by atoms with van der Waals surface area (Å²) in [6.07, 6.45) is 2.78. The number of hydrogen-bond donors (Lipinski definition) is 1. The van der Waals surface area contributed by atoms with Crippen molar-refractivity contribution in [3.8, 4) is 0 Å². The molecule has 5 nitrogen and oxygen atoms in total. The van der Waals surface area contributed by atoms with Crippen molar-refractivity contribution in [2.24, 2.45) is 5.92 Å². The molecule has 0 aliphatic carbocycles. The summed E-state index contributed by atoms with van der Waals surface area (Å²) in [5.74, 6) is 0.318. The second-order valence-electron chi connectivity index (χ2n) is 4.52. The Morgan fingerprint density at radius 3 is 2.78 bits per heavy atom. The van der Waals surface area contributed by atoms with Crippen LogP contribution in [0.2, 0.25) is 0 Å². The molecule has 0 aromatic carbocycles. The number of piperidine rings is 1. The Labute approximate surface area is 114 Å². The predicted octanol–water partition coefficient (Wildman–Crippen LogP) is 0.793. The molecule has 0 aromatic heterocycles. The van der Waals surface area contributed by atoms with Gasteiger partial charge in [0.25, 0.3) is 0 Å². The topological polar surface area (TPSA) is 66.5 Å². The van der Waals surface area contributed by atoms with Crippen molar-refractivity contribution in [1.29, 1.82) is 0 Å². The van der Waals surface area contributed by atoms with Crippen LogP contribution in [0.25, 0.3) is 0 Å². The lowest BCUT2D eigenvalue weighted by Crippen LogP contribution is -2.45. The third-order valence-electron chi connectivity index (χ3n) is 3.18. The van der Waals surface area contributed by atoms with E-state index in [-0.39, 0.29) is 17.6 Å². The quantitative estimate of drug-likeness (QED) is 0.582. The van der Waals surface area contributed by atoms with Gasteiger partial charge in [-0.05, 0) is 25.7 Å². The van der Waals surface area contributed by atoms with E-state index in [0.29, 0.717) is 31.8 Å². The highest BCUT2D eigenvalue weighted by molar-refractivity contribution is 7.89. The van der Waals surface area contributed by atoms with E-state index in [1.807, 2.05) is 0 Å². The van der Waals surface area contributed by atoms with Crippen molar-refractivity contribution in [1.82, 2.24) is 9.62 Å². The molecule has 0 bridgehead atoms. The molecule has 0 saturated carbocycles. The van der Waals surface area contributed by atoms with Crippen LogP contribution in [0.4, 0.5) is 0 Å². The lowest BCUT2D eigenvalue weighted by molar-refractivity contribution is -0.125. The number of nitrogens with one attached hydrogen (secondary N) is 1. The summed E-state index contributed by atoms with van der Waals surface area (Å²) in [5, 5.41) is 2.58. The van der Waals surface area contributed by atoms with Gasteiger partial charge in [-0.1, -0.05) is 0 Å². The highest BCUT2D eigenvalue weighted by Gasteiger charge is 2.31. The van der Waals surface area contributed by atoms with Gasteiger partial charge in [0.2, 0.25) is 15.9 Å². The summed E-state index contributed by atoms with van der Waals surface area (Å²) in [4.78, 5) is 11.5. The zero-order chi connectivity index (χ0) is 13.6. The minimum Gasteiger partial charge on any atom is -0.359 e. The molecule has 1 saturated heterocycles. The lowest BCUT2D eigenvalue weighted by atomic mass is 9.99. The van der Waals surface area contributed by atoms with E-state index in [1.54, 1.807) is 7.05 Å². The highest BCUT2D eigenvalue weighted by Crippen LogP contribution is 2.20. The summed E-state index contributed by atoms with van der Waals surface area (Å²) >= 11 is 5.54. The molecule has 1 aliphatic heterocycles. The molecule has 1 amide bonds. The maximum atomic E-state index is 12.1. The van der Waals surface area contributed by atoms with Gasteiger partial charge >= 0.3 is 0 Å². The highest BCUT2D eigenvalue weighted by atomic mass is 35.5. The van der Waals surface area contributed by atoms with Crippen LogP contribution in [0, 0.1) is 5.92 Å². The standard InChI is InChI=1S/C11H21ClN2O3S/c1-13-11(15)10-5-4-7-14(9-10)18(16,17)8-3-2-6-12/h10H,2-9H2,1H3,(H,13,15). The number of unbranched alkanes of at least 4 members (excludes halogenated alkanes) is 1. The van der Waals surface area contributed by atoms with E-state index < -0.39 is 10.0 Å². The van der Waals surface area contributed by atoms with E-state index in [0.717, 1.165) is 12.8 Å². The summed E-state index contributed by atoms with van der Waals surface area (Å²) in [7, 11) is -1.66. The molecular formula is C11H21ClN2O3S. The Morgan fingerprint density at radius 1 is 1.44 bits per heavy atom. The number of nitrogens with zero attached hydrogens (tertiary/aromatic N) is 1. The molecule has 0 aromatic rings. The van der Waals surface area contributed by atoms with E-state index in [1.165, 1.54) is 4.31 Å². The fraction of sp³-hybridized carbons (Fsp3) is 0.909. The molecule has 7 heteroatoms. The van der Waals surface area contributed by atoms with Crippen LogP contribution in [-0.4, -0.2) is 50.4 Å². The van der Waals surface area contributed by atoms with Crippen molar-refractivity contribution < 1.29 is 13.2 Å². The van der Waals surface area contributed by atoms with Crippen LogP contribution >= 0.6 is 11.6 Å². The predicted molar refractivity (Wildman–Crippen MR) is 72.1 cm³/mol. The molecule has 1 atom stereocenters. The van der Waals surface area contributed by atoms with Gasteiger partial charge in [0.15, 0.2) is 0 Å². The molecule has 0 radical (unpaired) electrons. The fourth-order valence-electron chi connectivity index (χ4n) is 2.12. The maximum absolute atomic E-state index is 12.1. The normalized spacial score (nSPS) is 21.8. The summed E-state index contributed by atoms with van der Waals surface area (Å²) in [6, 6.07) is 0. The number of rotatable bonds is 6. The molecule has 106 valence electrons. The number of carbonyl (C=O) groups is 1. The van der Waals surface area contributed by atoms with Crippen molar-refractivity contribution in [2.45, 2.75) is 25.7 Å². The van der Waals surface area contributed by atoms with Crippen LogP contribution in [0.5, 0.6) is 0 Å². The molecular weight excluding hydrogens is 276 g/mol. The second kappa shape index (κ2) is 7.31. The molecule has 0 spiro atoms. The van der Waals surface area contributed by atoms with Gasteiger partial charge in [0.05, 0.1) is 11.7 Å². The van der Waals surface area contributed by atoms with E-state index in [4.69, 9.17) is 11.6 Å². The van der Waals surface area contributed by atoms with Crippen LogP contribution < -0.4 is 5.32 Å². The third kappa shape index (κ3) is 4.40. The summed E-state index contributed by atoms with van der Waals surface area (Å²) in [5.41, 5.74) is 0. The Kier molecular flexibility index (Phi) is 6.38. The number of carbonyl (C=O) groups excluding carboxylic acids is 1. The monoisotopic (exact) mass is 296 g/mol. The Morgan fingerprint density at radius 2 is 2.17 bits per heavy atom. The van der Waals surface area contributed by atoms with E-state index in [2.05, 4.69) is 5.32 Å². The molecule has 1 rings (SSSR count). The van der Waals surface area contributed by atoms with Gasteiger partial charge in [-0.2, -0.15) is 0 Å². The van der Waals surface area contributed by atoms with Crippen LogP contribution in [0.1, 0.15) is 25.7 Å². The fourth-order valence-corrected chi connectivity index (χ4v) is 3.95. The Balaban J connectivity index is 2.57. The van der Waals surface area contributed by atoms with Gasteiger partial charge in [0, 0.05) is 26.0 Å². The largest absolute Gasteiger partial charge is 0.359 e. The number of amides is 1. The second-order valence-corrected chi connectivity index (χ2v) is 6.99. The van der Waals surface area contributed by atoms with E-state index >= 15 is 0 Å². The van der Waals surface area contributed by atoms with Gasteiger partial charge in [-0.3, -0.25) is 4.79 Å². The molecule has 1 fully saturated rings. The first kappa shape index (κ1) is 15.7. The minimum atomic E-state index is -3.24. The van der Waals surface area contributed by atoms with Crippen molar-refractivity contribution >= 4 is 27.5 Å².